The molecule has 1 fully saturated rings. The van der Waals surface area contributed by atoms with Crippen LogP contribution in [0.5, 0.6) is 5.88 Å². The number of benzene rings is 1. The molecule has 4 aromatic rings. The van der Waals surface area contributed by atoms with Gasteiger partial charge in [-0.15, -0.1) is 0 Å². The van der Waals surface area contributed by atoms with E-state index in [9.17, 15) is 4.79 Å². The maximum Gasteiger partial charge on any atom is 0.221 e. The summed E-state index contributed by atoms with van der Waals surface area (Å²) in [6, 6.07) is 10.2. The van der Waals surface area contributed by atoms with Crippen LogP contribution in [0, 0.1) is 12.8 Å². The minimum absolute atomic E-state index is 0.367. The van der Waals surface area contributed by atoms with Gasteiger partial charge in [0.05, 0.1) is 35.1 Å². The quantitative estimate of drug-likeness (QED) is 0.210. The minimum Gasteiger partial charge on any atom is -0.477 e. The average molecular weight is 537 g/mol. The lowest BCUT2D eigenvalue weighted by Gasteiger charge is -2.21. The SMILES string of the molecule is CNc1nc2cc(Br)ccc2n1C(CCCOc1c(-c2cc(C=O)cc(C)n2)cnn1C)C1CC1. The highest BCUT2D eigenvalue weighted by atomic mass is 79.9. The van der Waals surface area contributed by atoms with E-state index < -0.39 is 0 Å². The molecule has 3 heterocycles. The van der Waals surface area contributed by atoms with E-state index in [1.165, 1.54) is 12.8 Å². The van der Waals surface area contributed by atoms with E-state index >= 15 is 0 Å². The fraction of sp³-hybridized carbons (Fsp3) is 0.385. The van der Waals surface area contributed by atoms with Gasteiger partial charge in [-0.3, -0.25) is 9.78 Å². The third kappa shape index (κ3) is 4.82. The lowest BCUT2D eigenvalue weighted by Crippen LogP contribution is -2.15. The Kier molecular flexibility index (Phi) is 6.60. The molecule has 8 nitrogen and oxygen atoms in total. The second-order valence-corrected chi connectivity index (χ2v) is 10.0. The van der Waals surface area contributed by atoms with Crippen molar-refractivity contribution in [3.63, 3.8) is 0 Å². The summed E-state index contributed by atoms with van der Waals surface area (Å²) in [5, 5.41) is 7.66. The van der Waals surface area contributed by atoms with Crippen molar-refractivity contribution in [3.05, 3.63) is 52.3 Å². The number of hydrogen-bond donors (Lipinski definition) is 1. The summed E-state index contributed by atoms with van der Waals surface area (Å²) in [5.41, 5.74) is 5.01. The standard InChI is InChI=1S/C26H29BrN6O2/c1-16-11-17(15-34)12-21(30-16)20-14-29-32(3)25(20)35-10-4-5-23(18-6-7-18)33-24-9-8-19(27)13-22(24)31-26(33)28-2/h8-9,11-15,18,23H,4-7,10H2,1-3H3,(H,28,31). The van der Waals surface area contributed by atoms with Gasteiger partial charge in [0.2, 0.25) is 11.8 Å². The summed E-state index contributed by atoms with van der Waals surface area (Å²) in [7, 11) is 3.79. The molecule has 0 amide bonds. The van der Waals surface area contributed by atoms with Gasteiger partial charge in [-0.25, -0.2) is 9.67 Å². The molecule has 1 atom stereocenters. The van der Waals surface area contributed by atoms with E-state index in [2.05, 4.69) is 54.1 Å². The number of aryl methyl sites for hydroxylation is 2. The Labute approximate surface area is 212 Å². The summed E-state index contributed by atoms with van der Waals surface area (Å²) in [5.74, 6) is 2.23. The Bertz CT molecular complexity index is 1370. The molecule has 5 rings (SSSR count). The lowest BCUT2D eigenvalue weighted by molar-refractivity contribution is 0.112. The number of rotatable bonds is 10. The molecule has 0 radical (unpaired) electrons. The third-order valence-corrected chi connectivity index (χ3v) is 7.02. The third-order valence-electron chi connectivity index (χ3n) is 6.53. The van der Waals surface area contributed by atoms with E-state index in [0.29, 0.717) is 35.7 Å². The number of nitrogens with zero attached hydrogens (tertiary/aromatic N) is 5. The van der Waals surface area contributed by atoms with Crippen molar-refractivity contribution < 1.29 is 9.53 Å². The van der Waals surface area contributed by atoms with Crippen LogP contribution in [-0.4, -0.2) is 44.3 Å². The van der Waals surface area contributed by atoms with Gasteiger partial charge in [0.15, 0.2) is 0 Å². The van der Waals surface area contributed by atoms with Crippen molar-refractivity contribution in [2.24, 2.45) is 13.0 Å². The average Bonchev–Trinajstić information content (AvgIpc) is 3.53. The van der Waals surface area contributed by atoms with Gasteiger partial charge in [-0.05, 0) is 68.9 Å². The molecular formula is C26H29BrN6O2. The first-order valence-electron chi connectivity index (χ1n) is 11.9. The molecule has 9 heteroatoms. The monoisotopic (exact) mass is 536 g/mol. The van der Waals surface area contributed by atoms with Crippen LogP contribution in [0.3, 0.4) is 0 Å². The second kappa shape index (κ2) is 9.81. The van der Waals surface area contributed by atoms with Crippen LogP contribution in [0.4, 0.5) is 5.95 Å². The number of hydrogen-bond acceptors (Lipinski definition) is 6. The second-order valence-electron chi connectivity index (χ2n) is 9.12. The molecule has 0 saturated heterocycles. The van der Waals surface area contributed by atoms with Crippen molar-refractivity contribution in [1.82, 2.24) is 24.3 Å². The Morgan fingerprint density at radius 2 is 2.09 bits per heavy atom. The molecule has 1 aliphatic rings. The highest BCUT2D eigenvalue weighted by molar-refractivity contribution is 9.10. The number of imidazole rings is 1. The summed E-state index contributed by atoms with van der Waals surface area (Å²) in [6.07, 6.45) is 6.96. The normalized spacial score (nSPS) is 14.3. The minimum atomic E-state index is 0.367. The molecule has 1 aliphatic carbocycles. The highest BCUT2D eigenvalue weighted by Crippen LogP contribution is 2.45. The first kappa shape index (κ1) is 23.5. The number of pyridine rings is 1. The summed E-state index contributed by atoms with van der Waals surface area (Å²) in [6.45, 7) is 2.44. The molecule has 1 N–H and O–H groups in total. The van der Waals surface area contributed by atoms with Gasteiger partial charge in [-0.1, -0.05) is 15.9 Å². The topological polar surface area (TPSA) is 86.9 Å². The highest BCUT2D eigenvalue weighted by Gasteiger charge is 2.34. The number of aromatic nitrogens is 5. The van der Waals surface area contributed by atoms with Gasteiger partial charge >= 0.3 is 0 Å². The van der Waals surface area contributed by atoms with Gasteiger partial charge < -0.3 is 14.6 Å². The predicted octanol–water partition coefficient (Wildman–Crippen LogP) is 5.57. The largest absolute Gasteiger partial charge is 0.477 e. The fourth-order valence-corrected chi connectivity index (χ4v) is 5.13. The van der Waals surface area contributed by atoms with E-state index in [-0.39, 0.29) is 0 Å². The number of fused-ring (bicyclic) bond motifs is 1. The zero-order valence-electron chi connectivity index (χ0n) is 20.2. The van der Waals surface area contributed by atoms with E-state index in [4.69, 9.17) is 9.72 Å². The predicted molar refractivity (Wildman–Crippen MR) is 140 cm³/mol. The number of carbonyl (C=O) groups excluding carboxylic acids is 1. The van der Waals surface area contributed by atoms with Crippen LogP contribution in [0.15, 0.2) is 41.0 Å². The Balaban J connectivity index is 1.32. The Morgan fingerprint density at radius 1 is 1.26 bits per heavy atom. The molecule has 0 aliphatic heterocycles. The first-order chi connectivity index (χ1) is 17.0. The van der Waals surface area contributed by atoms with Crippen LogP contribution >= 0.6 is 15.9 Å². The van der Waals surface area contributed by atoms with Crippen LogP contribution in [-0.2, 0) is 7.05 Å². The zero-order valence-corrected chi connectivity index (χ0v) is 21.7. The van der Waals surface area contributed by atoms with Crippen molar-refractivity contribution >= 4 is 39.2 Å². The zero-order chi connectivity index (χ0) is 24.5. The number of anilines is 1. The number of aldehydes is 1. The van der Waals surface area contributed by atoms with Gasteiger partial charge in [0, 0.05) is 35.9 Å². The number of nitrogens with one attached hydrogen (secondary N) is 1. The number of carbonyl (C=O) groups is 1. The Morgan fingerprint density at radius 3 is 2.83 bits per heavy atom. The molecule has 1 unspecified atom stereocenters. The summed E-state index contributed by atoms with van der Waals surface area (Å²) < 4.78 is 11.3. The van der Waals surface area contributed by atoms with Crippen LogP contribution in [0.25, 0.3) is 22.3 Å². The lowest BCUT2D eigenvalue weighted by atomic mass is 10.1. The molecule has 1 saturated carbocycles. The maximum atomic E-state index is 11.3. The van der Waals surface area contributed by atoms with E-state index in [0.717, 1.165) is 51.8 Å². The smallest absolute Gasteiger partial charge is 0.221 e. The molecule has 0 spiro atoms. The van der Waals surface area contributed by atoms with Crippen molar-refractivity contribution in [3.8, 4) is 17.1 Å². The van der Waals surface area contributed by atoms with Crippen molar-refractivity contribution in [2.75, 3.05) is 19.0 Å². The van der Waals surface area contributed by atoms with Gasteiger partial charge in [-0.2, -0.15) is 5.10 Å². The van der Waals surface area contributed by atoms with Crippen molar-refractivity contribution in [2.45, 2.75) is 38.6 Å². The maximum absolute atomic E-state index is 11.3. The fourth-order valence-electron chi connectivity index (χ4n) is 4.78. The number of halogens is 1. The van der Waals surface area contributed by atoms with Gasteiger partial charge in [0.1, 0.15) is 6.29 Å². The number of ether oxygens (including phenoxy) is 1. The van der Waals surface area contributed by atoms with Crippen LogP contribution in [0.1, 0.15) is 47.8 Å². The molecule has 35 heavy (non-hydrogen) atoms. The molecule has 182 valence electrons. The van der Waals surface area contributed by atoms with Gasteiger partial charge in [0.25, 0.3) is 0 Å². The first-order valence-corrected chi connectivity index (χ1v) is 12.7. The van der Waals surface area contributed by atoms with E-state index in [1.807, 2.05) is 21.0 Å². The van der Waals surface area contributed by atoms with E-state index in [1.54, 1.807) is 23.0 Å². The summed E-state index contributed by atoms with van der Waals surface area (Å²) in [4.78, 5) is 20.7. The molecule has 0 bridgehead atoms. The molecule has 1 aromatic carbocycles. The Hall–Kier alpha value is -3.20. The summed E-state index contributed by atoms with van der Waals surface area (Å²) >= 11 is 3.56. The molecular weight excluding hydrogens is 508 g/mol. The molecule has 3 aromatic heterocycles. The van der Waals surface area contributed by atoms with Crippen molar-refractivity contribution in [1.29, 1.82) is 0 Å². The van der Waals surface area contributed by atoms with Crippen LogP contribution < -0.4 is 10.1 Å². The van der Waals surface area contributed by atoms with Crippen LogP contribution in [0.2, 0.25) is 0 Å².